The van der Waals surface area contributed by atoms with Crippen LogP contribution in [0.1, 0.15) is 17.5 Å². The lowest BCUT2D eigenvalue weighted by atomic mass is 10.1. The van der Waals surface area contributed by atoms with Gasteiger partial charge in [-0.2, -0.15) is 0 Å². The number of benzene rings is 1. The van der Waals surface area contributed by atoms with Crippen LogP contribution in [0.15, 0.2) is 24.3 Å². The summed E-state index contributed by atoms with van der Waals surface area (Å²) in [5.41, 5.74) is 8.03. The lowest BCUT2D eigenvalue weighted by Gasteiger charge is -2.09. The Bertz CT molecular complexity index is 317. The highest BCUT2D eigenvalue weighted by Crippen LogP contribution is 2.13. The maximum absolute atomic E-state index is 5.70. The molecule has 0 aromatic heterocycles. The Balaban J connectivity index is 1.70. The molecular weight excluding hydrogens is 214 g/mol. The van der Waals surface area contributed by atoms with Crippen molar-refractivity contribution in [1.82, 2.24) is 0 Å². The van der Waals surface area contributed by atoms with Crippen LogP contribution in [0, 0.1) is 5.92 Å². The third kappa shape index (κ3) is 4.11. The zero-order chi connectivity index (χ0) is 11.9. The van der Waals surface area contributed by atoms with E-state index in [9.17, 15) is 0 Å². The fraction of sp³-hybridized carbons (Fsp3) is 0.571. The summed E-state index contributed by atoms with van der Waals surface area (Å²) in [6.45, 7) is 3.96. The van der Waals surface area contributed by atoms with Gasteiger partial charge in [-0.25, -0.2) is 0 Å². The van der Waals surface area contributed by atoms with E-state index in [1.54, 1.807) is 0 Å². The molecule has 1 aliphatic heterocycles. The highest BCUT2D eigenvalue weighted by molar-refractivity contribution is 5.22. The van der Waals surface area contributed by atoms with E-state index in [0.717, 1.165) is 32.7 Å². The van der Waals surface area contributed by atoms with Crippen LogP contribution in [0.2, 0.25) is 0 Å². The van der Waals surface area contributed by atoms with Gasteiger partial charge in [-0.15, -0.1) is 0 Å². The van der Waals surface area contributed by atoms with Gasteiger partial charge in [0.2, 0.25) is 0 Å². The van der Waals surface area contributed by atoms with Gasteiger partial charge in [0.25, 0.3) is 0 Å². The van der Waals surface area contributed by atoms with Gasteiger partial charge in [-0.05, 0) is 30.5 Å². The molecule has 0 amide bonds. The van der Waals surface area contributed by atoms with E-state index in [0.29, 0.717) is 19.1 Å². The van der Waals surface area contributed by atoms with Gasteiger partial charge in [0.1, 0.15) is 0 Å². The predicted molar refractivity (Wildman–Crippen MR) is 67.8 cm³/mol. The number of hydrogen-bond acceptors (Lipinski definition) is 3. The lowest BCUT2D eigenvalue weighted by Crippen LogP contribution is -2.09. The van der Waals surface area contributed by atoms with Gasteiger partial charge < -0.3 is 15.2 Å². The van der Waals surface area contributed by atoms with Crippen molar-refractivity contribution in [3.8, 4) is 0 Å². The first kappa shape index (κ1) is 12.6. The van der Waals surface area contributed by atoms with Crippen LogP contribution in [0.4, 0.5) is 0 Å². The van der Waals surface area contributed by atoms with Gasteiger partial charge in [-0.1, -0.05) is 24.3 Å². The van der Waals surface area contributed by atoms with E-state index < -0.39 is 0 Å². The van der Waals surface area contributed by atoms with E-state index in [2.05, 4.69) is 24.3 Å². The fourth-order valence-electron chi connectivity index (χ4n) is 2.03. The van der Waals surface area contributed by atoms with Crippen molar-refractivity contribution >= 4 is 0 Å². The summed E-state index contributed by atoms with van der Waals surface area (Å²) in [5, 5.41) is 0. The average Bonchev–Trinajstić information content (AvgIpc) is 2.85. The Labute approximate surface area is 103 Å². The summed E-state index contributed by atoms with van der Waals surface area (Å²) in [5.74, 6) is 0.589. The first-order chi connectivity index (χ1) is 8.38. The van der Waals surface area contributed by atoms with Crippen molar-refractivity contribution < 1.29 is 9.47 Å². The molecule has 1 heterocycles. The summed E-state index contributed by atoms with van der Waals surface area (Å²) < 4.78 is 11.0. The van der Waals surface area contributed by atoms with Crippen molar-refractivity contribution in [2.45, 2.75) is 19.4 Å². The molecule has 0 spiro atoms. The molecule has 1 atom stereocenters. The molecule has 3 heteroatoms. The van der Waals surface area contributed by atoms with E-state index in [-0.39, 0.29) is 0 Å². The number of ether oxygens (including phenoxy) is 2. The Morgan fingerprint density at radius 2 is 2.00 bits per heavy atom. The van der Waals surface area contributed by atoms with Crippen molar-refractivity contribution in [2.24, 2.45) is 11.7 Å². The molecule has 1 aliphatic rings. The van der Waals surface area contributed by atoms with Crippen LogP contribution in [-0.4, -0.2) is 26.4 Å². The molecule has 0 aliphatic carbocycles. The maximum atomic E-state index is 5.70. The molecule has 1 fully saturated rings. The minimum Gasteiger partial charge on any atom is -0.381 e. The van der Waals surface area contributed by atoms with E-state index in [1.165, 1.54) is 11.1 Å². The van der Waals surface area contributed by atoms with Crippen LogP contribution in [-0.2, 0) is 22.5 Å². The van der Waals surface area contributed by atoms with Gasteiger partial charge in [-0.3, -0.25) is 0 Å². The van der Waals surface area contributed by atoms with Crippen LogP contribution >= 0.6 is 0 Å². The molecule has 3 nitrogen and oxygen atoms in total. The summed E-state index contributed by atoms with van der Waals surface area (Å²) in [7, 11) is 0. The first-order valence-electron chi connectivity index (χ1n) is 6.32. The van der Waals surface area contributed by atoms with Gasteiger partial charge in [0.15, 0.2) is 0 Å². The van der Waals surface area contributed by atoms with Crippen LogP contribution in [0.25, 0.3) is 0 Å². The molecule has 17 heavy (non-hydrogen) atoms. The largest absolute Gasteiger partial charge is 0.381 e. The third-order valence-electron chi connectivity index (χ3n) is 3.10. The minimum absolute atomic E-state index is 0.589. The van der Waals surface area contributed by atoms with E-state index in [1.807, 2.05) is 0 Å². The van der Waals surface area contributed by atoms with Gasteiger partial charge >= 0.3 is 0 Å². The average molecular weight is 235 g/mol. The second-order valence-electron chi connectivity index (χ2n) is 4.60. The zero-order valence-corrected chi connectivity index (χ0v) is 10.2. The van der Waals surface area contributed by atoms with Gasteiger partial charge in [0, 0.05) is 12.5 Å². The molecule has 1 aromatic carbocycles. The molecule has 94 valence electrons. The highest BCUT2D eigenvalue weighted by atomic mass is 16.5. The van der Waals surface area contributed by atoms with E-state index in [4.69, 9.17) is 15.2 Å². The standard InChI is InChI=1S/C14H21NO2/c15-7-5-12-1-3-13(4-2-12)9-17-11-14-6-8-16-10-14/h1-4,14H,5-11,15H2. The number of rotatable bonds is 6. The zero-order valence-electron chi connectivity index (χ0n) is 10.2. The second kappa shape index (κ2) is 6.74. The second-order valence-corrected chi connectivity index (χ2v) is 4.60. The number of nitrogens with two attached hydrogens (primary N) is 1. The molecular formula is C14H21NO2. The van der Waals surface area contributed by atoms with Crippen molar-refractivity contribution in [3.63, 3.8) is 0 Å². The van der Waals surface area contributed by atoms with Crippen LogP contribution in [0.5, 0.6) is 0 Å². The Morgan fingerprint density at radius 1 is 1.24 bits per heavy atom. The molecule has 2 N–H and O–H groups in total. The maximum Gasteiger partial charge on any atom is 0.0717 e. The normalized spacial score (nSPS) is 19.7. The van der Waals surface area contributed by atoms with Crippen molar-refractivity contribution in [2.75, 3.05) is 26.4 Å². The SMILES string of the molecule is NCCc1ccc(COCC2CCOC2)cc1. The van der Waals surface area contributed by atoms with E-state index >= 15 is 0 Å². The van der Waals surface area contributed by atoms with Gasteiger partial charge in [0.05, 0.1) is 19.8 Å². The summed E-state index contributed by atoms with van der Waals surface area (Å²) in [4.78, 5) is 0. The predicted octanol–water partition coefficient (Wildman–Crippen LogP) is 1.74. The Morgan fingerprint density at radius 3 is 2.65 bits per heavy atom. The molecule has 0 saturated carbocycles. The lowest BCUT2D eigenvalue weighted by molar-refractivity contribution is 0.0791. The molecule has 1 saturated heterocycles. The van der Waals surface area contributed by atoms with Crippen LogP contribution < -0.4 is 5.73 Å². The van der Waals surface area contributed by atoms with Crippen molar-refractivity contribution in [1.29, 1.82) is 0 Å². The summed E-state index contributed by atoms with van der Waals surface area (Å²) in [6, 6.07) is 8.50. The Kier molecular flexibility index (Phi) is 4.98. The summed E-state index contributed by atoms with van der Waals surface area (Å²) >= 11 is 0. The topological polar surface area (TPSA) is 44.5 Å². The minimum atomic E-state index is 0.589. The summed E-state index contributed by atoms with van der Waals surface area (Å²) in [6.07, 6.45) is 2.08. The number of hydrogen-bond donors (Lipinski definition) is 1. The fourth-order valence-corrected chi connectivity index (χ4v) is 2.03. The molecule has 0 radical (unpaired) electrons. The first-order valence-corrected chi connectivity index (χ1v) is 6.32. The van der Waals surface area contributed by atoms with Crippen molar-refractivity contribution in [3.05, 3.63) is 35.4 Å². The molecule has 1 unspecified atom stereocenters. The monoisotopic (exact) mass is 235 g/mol. The third-order valence-corrected chi connectivity index (χ3v) is 3.10. The molecule has 1 aromatic rings. The smallest absolute Gasteiger partial charge is 0.0717 e. The van der Waals surface area contributed by atoms with Crippen LogP contribution in [0.3, 0.4) is 0 Å². The highest BCUT2D eigenvalue weighted by Gasteiger charge is 2.15. The Hall–Kier alpha value is -0.900. The quantitative estimate of drug-likeness (QED) is 0.817. The molecule has 0 bridgehead atoms. The molecule has 2 rings (SSSR count).